The van der Waals surface area contributed by atoms with Crippen LogP contribution in [0.3, 0.4) is 0 Å². The molecule has 0 bridgehead atoms. The third kappa shape index (κ3) is 3.85. The van der Waals surface area contributed by atoms with E-state index in [1.807, 2.05) is 0 Å². The Morgan fingerprint density at radius 2 is 2.16 bits per heavy atom. The molecule has 2 rings (SSSR count). The number of thioether (sulfide) groups is 1. The van der Waals surface area contributed by atoms with E-state index >= 15 is 0 Å². The monoisotopic (exact) mass is 276 g/mol. The van der Waals surface area contributed by atoms with Crippen LogP contribution >= 0.6 is 11.8 Å². The second-order valence-electron chi connectivity index (χ2n) is 4.56. The molecule has 1 atom stereocenters. The fraction of sp³-hybridized carbons (Fsp3) is 0.400. The minimum absolute atomic E-state index is 0.321. The molecule has 2 aromatic rings. The van der Waals surface area contributed by atoms with Gasteiger partial charge < -0.3 is 9.73 Å². The first kappa shape index (κ1) is 14.2. The number of nitrogens with zero attached hydrogens (tertiary/aromatic N) is 1. The lowest BCUT2D eigenvalue weighted by Crippen LogP contribution is -2.23. The van der Waals surface area contributed by atoms with E-state index in [4.69, 9.17) is 4.42 Å². The molecule has 0 spiro atoms. The number of aromatic nitrogens is 1. The van der Waals surface area contributed by atoms with E-state index in [2.05, 4.69) is 49.3 Å². The maximum Gasteiger partial charge on any atom is 0.255 e. The summed E-state index contributed by atoms with van der Waals surface area (Å²) in [6.45, 7) is 7.37. The first-order chi connectivity index (χ1) is 9.20. The van der Waals surface area contributed by atoms with Crippen LogP contribution in [0, 0.1) is 13.8 Å². The minimum Gasteiger partial charge on any atom is -0.440 e. The molecule has 0 aliphatic rings. The highest BCUT2D eigenvalue weighted by Gasteiger charge is 2.12. The molecule has 1 aromatic carbocycles. The van der Waals surface area contributed by atoms with Crippen LogP contribution in [0.5, 0.6) is 0 Å². The molecule has 19 heavy (non-hydrogen) atoms. The van der Waals surface area contributed by atoms with Gasteiger partial charge in [0, 0.05) is 11.8 Å². The summed E-state index contributed by atoms with van der Waals surface area (Å²) < 4.78 is 5.26. The number of rotatable bonds is 6. The van der Waals surface area contributed by atoms with Crippen LogP contribution in [-0.2, 0) is 0 Å². The topological polar surface area (TPSA) is 38.1 Å². The Morgan fingerprint density at radius 3 is 2.79 bits per heavy atom. The van der Waals surface area contributed by atoms with Crippen LogP contribution < -0.4 is 5.32 Å². The summed E-state index contributed by atoms with van der Waals surface area (Å²) in [5.41, 5.74) is 3.99. The third-order valence-corrected chi connectivity index (χ3v) is 4.12. The van der Waals surface area contributed by atoms with Crippen LogP contribution in [0.4, 0.5) is 0 Å². The maximum absolute atomic E-state index is 5.26. The molecule has 102 valence electrons. The molecule has 0 amide bonds. The zero-order valence-electron chi connectivity index (χ0n) is 11.6. The summed E-state index contributed by atoms with van der Waals surface area (Å²) in [7, 11) is 0. The summed E-state index contributed by atoms with van der Waals surface area (Å²) in [4.78, 5) is 4.14. The number of oxazole rings is 1. The van der Waals surface area contributed by atoms with Crippen molar-refractivity contribution in [2.45, 2.75) is 32.0 Å². The largest absolute Gasteiger partial charge is 0.440 e. The van der Waals surface area contributed by atoms with Gasteiger partial charge in [-0.25, -0.2) is 4.98 Å². The number of aryl methyl sites for hydroxylation is 2. The Balaban J connectivity index is 2.07. The van der Waals surface area contributed by atoms with Gasteiger partial charge in [0.25, 0.3) is 5.22 Å². The van der Waals surface area contributed by atoms with Crippen molar-refractivity contribution in [2.75, 3.05) is 12.3 Å². The minimum atomic E-state index is 0.321. The molecule has 1 unspecified atom stereocenters. The summed E-state index contributed by atoms with van der Waals surface area (Å²) in [5, 5.41) is 4.25. The molecule has 0 aliphatic heterocycles. The second-order valence-corrected chi connectivity index (χ2v) is 5.53. The van der Waals surface area contributed by atoms with Gasteiger partial charge >= 0.3 is 0 Å². The molecule has 0 radical (unpaired) electrons. The van der Waals surface area contributed by atoms with Gasteiger partial charge in [-0.05, 0) is 37.1 Å². The molecule has 3 nitrogen and oxygen atoms in total. The third-order valence-electron chi connectivity index (χ3n) is 3.17. The van der Waals surface area contributed by atoms with E-state index < -0.39 is 0 Å². The van der Waals surface area contributed by atoms with E-state index in [9.17, 15) is 0 Å². The second kappa shape index (κ2) is 6.78. The highest BCUT2D eigenvalue weighted by Crippen LogP contribution is 2.24. The molecule has 0 aliphatic carbocycles. The quantitative estimate of drug-likeness (QED) is 0.816. The van der Waals surface area contributed by atoms with E-state index in [1.54, 1.807) is 24.2 Å². The van der Waals surface area contributed by atoms with Crippen molar-refractivity contribution in [1.82, 2.24) is 10.3 Å². The van der Waals surface area contributed by atoms with Gasteiger partial charge in [0.2, 0.25) is 0 Å². The van der Waals surface area contributed by atoms with Crippen molar-refractivity contribution >= 4 is 11.8 Å². The van der Waals surface area contributed by atoms with Gasteiger partial charge in [-0.1, -0.05) is 36.9 Å². The fourth-order valence-electron chi connectivity index (χ4n) is 1.94. The Kier molecular flexibility index (Phi) is 5.05. The zero-order valence-corrected chi connectivity index (χ0v) is 12.5. The number of hydrogen-bond acceptors (Lipinski definition) is 4. The Hall–Kier alpha value is -1.26. The molecule has 1 N–H and O–H groups in total. The van der Waals surface area contributed by atoms with Gasteiger partial charge in [-0.2, -0.15) is 0 Å². The van der Waals surface area contributed by atoms with Crippen molar-refractivity contribution < 1.29 is 4.42 Å². The summed E-state index contributed by atoms with van der Waals surface area (Å²) in [6.07, 6.45) is 3.29. The lowest BCUT2D eigenvalue weighted by molar-refractivity contribution is 0.453. The molecule has 0 saturated carbocycles. The first-order valence-electron chi connectivity index (χ1n) is 6.53. The van der Waals surface area contributed by atoms with Crippen LogP contribution in [-0.4, -0.2) is 17.3 Å². The molecule has 0 saturated heterocycles. The molecule has 1 aromatic heterocycles. The van der Waals surface area contributed by atoms with Crippen LogP contribution in [0.15, 0.2) is 40.3 Å². The highest BCUT2D eigenvalue weighted by atomic mass is 32.2. The van der Waals surface area contributed by atoms with Crippen LogP contribution in [0.25, 0.3) is 0 Å². The summed E-state index contributed by atoms with van der Waals surface area (Å²) in [5.74, 6) is 0.914. The lowest BCUT2D eigenvalue weighted by Gasteiger charge is -2.18. The molecular weight excluding hydrogens is 256 g/mol. The molecular formula is C15H20N2OS. The van der Waals surface area contributed by atoms with Crippen molar-refractivity contribution in [2.24, 2.45) is 0 Å². The van der Waals surface area contributed by atoms with E-state index in [1.165, 1.54) is 16.7 Å². The fourth-order valence-corrected chi connectivity index (χ4v) is 2.82. The van der Waals surface area contributed by atoms with Crippen molar-refractivity contribution in [3.05, 3.63) is 47.3 Å². The smallest absolute Gasteiger partial charge is 0.255 e. The zero-order chi connectivity index (χ0) is 13.7. The summed E-state index contributed by atoms with van der Waals surface area (Å²) in [6, 6.07) is 6.97. The van der Waals surface area contributed by atoms with Gasteiger partial charge in [0.1, 0.15) is 6.26 Å². The maximum atomic E-state index is 5.26. The van der Waals surface area contributed by atoms with E-state index in [0.29, 0.717) is 6.04 Å². The van der Waals surface area contributed by atoms with Gasteiger partial charge in [-0.3, -0.25) is 0 Å². The van der Waals surface area contributed by atoms with Crippen LogP contribution in [0.2, 0.25) is 0 Å². The van der Waals surface area contributed by atoms with E-state index in [-0.39, 0.29) is 0 Å². The number of hydrogen-bond donors (Lipinski definition) is 1. The average molecular weight is 276 g/mol. The molecule has 0 fully saturated rings. The molecule has 4 heteroatoms. The van der Waals surface area contributed by atoms with Crippen molar-refractivity contribution in [3.63, 3.8) is 0 Å². The first-order valence-corrected chi connectivity index (χ1v) is 7.52. The van der Waals surface area contributed by atoms with Crippen LogP contribution in [0.1, 0.15) is 29.7 Å². The number of nitrogens with one attached hydrogen (secondary N) is 1. The predicted molar refractivity (Wildman–Crippen MR) is 79.6 cm³/mol. The standard InChI is InChI=1S/C15H20N2OS/c1-4-16-14(10-19-15-17-7-8-18-15)13-6-5-11(2)12(3)9-13/h5-9,14,16H,4,10H2,1-3H3. The Morgan fingerprint density at radius 1 is 1.32 bits per heavy atom. The van der Waals surface area contributed by atoms with Gasteiger partial charge in [0.05, 0.1) is 6.20 Å². The summed E-state index contributed by atoms with van der Waals surface area (Å²) >= 11 is 1.64. The Labute approximate surface area is 118 Å². The average Bonchev–Trinajstić information content (AvgIpc) is 2.91. The normalized spacial score (nSPS) is 12.6. The van der Waals surface area contributed by atoms with Gasteiger partial charge in [-0.15, -0.1) is 0 Å². The molecule has 1 heterocycles. The van der Waals surface area contributed by atoms with Gasteiger partial charge in [0.15, 0.2) is 0 Å². The SMILES string of the molecule is CCNC(CSc1ncco1)c1ccc(C)c(C)c1. The highest BCUT2D eigenvalue weighted by molar-refractivity contribution is 7.99. The number of benzene rings is 1. The van der Waals surface area contributed by atoms with Crippen molar-refractivity contribution in [3.8, 4) is 0 Å². The predicted octanol–water partition coefficient (Wildman–Crippen LogP) is 3.73. The van der Waals surface area contributed by atoms with Crippen molar-refractivity contribution in [1.29, 1.82) is 0 Å². The lowest BCUT2D eigenvalue weighted by atomic mass is 10.0. The van der Waals surface area contributed by atoms with E-state index in [0.717, 1.165) is 17.5 Å². The Bertz CT molecular complexity index is 511.